The van der Waals surface area contributed by atoms with E-state index in [1.807, 2.05) is 36.4 Å². The average Bonchev–Trinajstić information content (AvgIpc) is 2.98. The molecule has 0 aliphatic heterocycles. The maximum absolute atomic E-state index is 6.09. The van der Waals surface area contributed by atoms with Gasteiger partial charge in [-0.15, -0.1) is 15.0 Å². The zero-order chi connectivity index (χ0) is 13.9. The van der Waals surface area contributed by atoms with Gasteiger partial charge >= 0.3 is 0 Å². The van der Waals surface area contributed by atoms with Crippen LogP contribution in [0.15, 0.2) is 48.5 Å². The van der Waals surface area contributed by atoms with Crippen molar-refractivity contribution in [3.05, 3.63) is 53.6 Å². The van der Waals surface area contributed by atoms with Gasteiger partial charge in [-0.3, -0.25) is 0 Å². The van der Waals surface area contributed by atoms with Crippen LogP contribution in [-0.2, 0) is 0 Å². The third-order valence-electron chi connectivity index (χ3n) is 2.81. The van der Waals surface area contributed by atoms with Crippen LogP contribution >= 0.6 is 11.6 Å². The summed E-state index contributed by atoms with van der Waals surface area (Å²) >= 11 is 6.09. The molecule has 0 spiro atoms. The highest BCUT2D eigenvalue weighted by atomic mass is 35.5. The van der Waals surface area contributed by atoms with Crippen LogP contribution in [0, 0.1) is 0 Å². The van der Waals surface area contributed by atoms with E-state index in [4.69, 9.17) is 16.3 Å². The molecule has 0 N–H and O–H groups in total. The van der Waals surface area contributed by atoms with Crippen LogP contribution in [0.5, 0.6) is 5.75 Å². The Hall–Kier alpha value is -2.40. The predicted molar refractivity (Wildman–Crippen MR) is 76.2 cm³/mol. The van der Waals surface area contributed by atoms with Gasteiger partial charge in [0.05, 0.1) is 17.8 Å². The summed E-state index contributed by atoms with van der Waals surface area (Å²) in [5, 5.41) is 12.9. The van der Waals surface area contributed by atoms with Gasteiger partial charge in [-0.1, -0.05) is 41.9 Å². The highest BCUT2D eigenvalue weighted by Gasteiger charge is 2.08. The zero-order valence-electron chi connectivity index (χ0n) is 10.7. The summed E-state index contributed by atoms with van der Waals surface area (Å²) in [5.41, 5.74) is 1.64. The number of benzene rings is 2. The number of halogens is 1. The topological polar surface area (TPSA) is 52.8 Å². The number of methoxy groups -OCH3 is 1. The third-order valence-corrected chi connectivity index (χ3v) is 3.11. The van der Waals surface area contributed by atoms with E-state index >= 15 is 0 Å². The first-order chi connectivity index (χ1) is 9.78. The summed E-state index contributed by atoms with van der Waals surface area (Å²) < 4.78 is 5.11. The summed E-state index contributed by atoms with van der Waals surface area (Å²) in [6.45, 7) is 0. The molecule has 0 saturated carbocycles. The molecule has 0 unspecified atom stereocenters. The highest BCUT2D eigenvalue weighted by Crippen LogP contribution is 2.26. The quantitative estimate of drug-likeness (QED) is 0.743. The lowest BCUT2D eigenvalue weighted by atomic mass is 10.2. The lowest BCUT2D eigenvalue weighted by Gasteiger charge is -2.04. The molecular formula is C14H11ClN4O. The molecular weight excluding hydrogens is 276 g/mol. The third kappa shape index (κ3) is 2.35. The molecule has 0 saturated heterocycles. The van der Waals surface area contributed by atoms with E-state index in [1.54, 1.807) is 19.2 Å². The predicted octanol–water partition coefficient (Wildman–Crippen LogP) is 2.99. The minimum atomic E-state index is 0.503. The van der Waals surface area contributed by atoms with Crippen molar-refractivity contribution in [1.29, 1.82) is 0 Å². The van der Waals surface area contributed by atoms with Crippen LogP contribution in [0.3, 0.4) is 0 Å². The Kier molecular flexibility index (Phi) is 3.35. The molecule has 0 bridgehead atoms. The molecule has 0 aliphatic rings. The van der Waals surface area contributed by atoms with Gasteiger partial charge in [-0.25, -0.2) is 0 Å². The standard InChI is InChI=1S/C14H11ClN4O/c1-20-13-8-7-11(9-12(13)15)19-17-14(16-18-19)10-5-3-2-4-6-10/h2-9H,1H3. The molecule has 3 rings (SSSR count). The molecule has 1 heterocycles. The maximum Gasteiger partial charge on any atom is 0.205 e. The molecule has 3 aromatic rings. The largest absolute Gasteiger partial charge is 0.495 e. The van der Waals surface area contributed by atoms with E-state index in [-0.39, 0.29) is 0 Å². The Morgan fingerprint density at radius 3 is 2.60 bits per heavy atom. The van der Waals surface area contributed by atoms with Crippen LogP contribution in [-0.4, -0.2) is 27.3 Å². The van der Waals surface area contributed by atoms with Crippen molar-refractivity contribution in [2.45, 2.75) is 0 Å². The second kappa shape index (κ2) is 5.30. The molecule has 0 atom stereocenters. The summed E-state index contributed by atoms with van der Waals surface area (Å²) in [4.78, 5) is 1.44. The Morgan fingerprint density at radius 1 is 1.10 bits per heavy atom. The van der Waals surface area contributed by atoms with Crippen molar-refractivity contribution in [2.75, 3.05) is 7.11 Å². The van der Waals surface area contributed by atoms with Gasteiger partial charge in [0.1, 0.15) is 5.75 Å². The first-order valence-corrected chi connectivity index (χ1v) is 6.35. The van der Waals surface area contributed by atoms with Crippen LogP contribution in [0.2, 0.25) is 5.02 Å². The van der Waals surface area contributed by atoms with Gasteiger partial charge in [0.25, 0.3) is 0 Å². The molecule has 6 heteroatoms. The van der Waals surface area contributed by atoms with Gasteiger partial charge < -0.3 is 4.74 Å². The number of aromatic nitrogens is 4. The van der Waals surface area contributed by atoms with E-state index < -0.39 is 0 Å². The summed E-state index contributed by atoms with van der Waals surface area (Å²) in [6, 6.07) is 15.0. The van der Waals surface area contributed by atoms with Crippen molar-refractivity contribution < 1.29 is 4.74 Å². The van der Waals surface area contributed by atoms with Crippen molar-refractivity contribution in [3.8, 4) is 22.8 Å². The highest BCUT2D eigenvalue weighted by molar-refractivity contribution is 6.32. The van der Waals surface area contributed by atoms with Gasteiger partial charge in [0.2, 0.25) is 5.82 Å². The Morgan fingerprint density at radius 2 is 1.90 bits per heavy atom. The second-order valence-electron chi connectivity index (χ2n) is 4.09. The molecule has 0 amide bonds. The maximum atomic E-state index is 6.09. The fourth-order valence-corrected chi connectivity index (χ4v) is 2.06. The number of tetrazole rings is 1. The SMILES string of the molecule is COc1ccc(-n2nnc(-c3ccccc3)n2)cc1Cl. The van der Waals surface area contributed by atoms with E-state index in [0.29, 0.717) is 16.6 Å². The summed E-state index contributed by atoms with van der Waals surface area (Å²) in [6.07, 6.45) is 0. The second-order valence-corrected chi connectivity index (χ2v) is 4.49. The number of rotatable bonds is 3. The minimum absolute atomic E-state index is 0.503. The van der Waals surface area contributed by atoms with Crippen LogP contribution in [0.25, 0.3) is 17.1 Å². The number of ether oxygens (including phenoxy) is 1. The van der Waals surface area contributed by atoms with Gasteiger partial charge in [0.15, 0.2) is 0 Å². The Balaban J connectivity index is 1.96. The number of hydrogen-bond acceptors (Lipinski definition) is 4. The van der Waals surface area contributed by atoms with Gasteiger partial charge in [-0.2, -0.15) is 0 Å². The lowest BCUT2D eigenvalue weighted by Crippen LogP contribution is -1.99. The van der Waals surface area contributed by atoms with E-state index in [9.17, 15) is 0 Å². The van der Waals surface area contributed by atoms with E-state index in [2.05, 4.69) is 15.4 Å². The molecule has 100 valence electrons. The molecule has 0 radical (unpaired) electrons. The van der Waals surface area contributed by atoms with Crippen molar-refractivity contribution in [2.24, 2.45) is 0 Å². The first-order valence-electron chi connectivity index (χ1n) is 5.97. The smallest absolute Gasteiger partial charge is 0.205 e. The summed E-state index contributed by atoms with van der Waals surface area (Å²) in [7, 11) is 1.57. The zero-order valence-corrected chi connectivity index (χ0v) is 11.4. The molecule has 5 nitrogen and oxygen atoms in total. The number of nitrogens with zero attached hydrogens (tertiary/aromatic N) is 4. The number of hydrogen-bond donors (Lipinski definition) is 0. The normalized spacial score (nSPS) is 10.5. The van der Waals surface area contributed by atoms with Crippen molar-refractivity contribution in [1.82, 2.24) is 20.2 Å². The lowest BCUT2D eigenvalue weighted by molar-refractivity contribution is 0.415. The fraction of sp³-hybridized carbons (Fsp3) is 0.0714. The van der Waals surface area contributed by atoms with Crippen molar-refractivity contribution >= 4 is 11.6 Å². The summed E-state index contributed by atoms with van der Waals surface area (Å²) in [5.74, 6) is 1.18. The molecule has 20 heavy (non-hydrogen) atoms. The minimum Gasteiger partial charge on any atom is -0.495 e. The fourth-order valence-electron chi connectivity index (χ4n) is 1.81. The molecule has 0 fully saturated rings. The Bertz CT molecular complexity index is 727. The van der Waals surface area contributed by atoms with Crippen LogP contribution < -0.4 is 4.74 Å². The Labute approximate surface area is 120 Å². The molecule has 0 aliphatic carbocycles. The first kappa shape index (κ1) is 12.6. The van der Waals surface area contributed by atoms with Crippen LogP contribution in [0.1, 0.15) is 0 Å². The monoisotopic (exact) mass is 286 g/mol. The van der Waals surface area contributed by atoms with E-state index in [0.717, 1.165) is 11.3 Å². The average molecular weight is 287 g/mol. The van der Waals surface area contributed by atoms with Gasteiger partial charge in [0, 0.05) is 5.56 Å². The molecule has 2 aromatic carbocycles. The van der Waals surface area contributed by atoms with E-state index in [1.165, 1.54) is 4.80 Å². The van der Waals surface area contributed by atoms with Gasteiger partial charge in [-0.05, 0) is 23.4 Å². The van der Waals surface area contributed by atoms with Crippen LogP contribution in [0.4, 0.5) is 0 Å². The molecule has 1 aromatic heterocycles. The van der Waals surface area contributed by atoms with Crippen molar-refractivity contribution in [3.63, 3.8) is 0 Å².